The zero-order valence-corrected chi connectivity index (χ0v) is 12.5. The summed E-state index contributed by atoms with van der Waals surface area (Å²) in [5.41, 5.74) is 12.4. The van der Waals surface area contributed by atoms with E-state index in [0.717, 1.165) is 23.4 Å². The van der Waals surface area contributed by atoms with Crippen molar-refractivity contribution in [2.75, 3.05) is 0 Å². The van der Waals surface area contributed by atoms with Crippen LogP contribution in [0.2, 0.25) is 5.02 Å². The van der Waals surface area contributed by atoms with E-state index < -0.39 is 0 Å². The molecular formula is C19H16ClN. The van der Waals surface area contributed by atoms with Gasteiger partial charge in [-0.2, -0.15) is 0 Å². The largest absolute Gasteiger partial charge is 0.326 e. The molecule has 21 heavy (non-hydrogen) atoms. The second kappa shape index (κ2) is 4.87. The monoisotopic (exact) mass is 293 g/mol. The van der Waals surface area contributed by atoms with Crippen LogP contribution >= 0.6 is 11.6 Å². The first kappa shape index (κ1) is 12.9. The molecule has 2 heteroatoms. The van der Waals surface area contributed by atoms with Crippen molar-refractivity contribution in [3.8, 4) is 11.1 Å². The van der Waals surface area contributed by atoms with Crippen LogP contribution in [0.5, 0.6) is 0 Å². The Hall–Kier alpha value is -1.83. The van der Waals surface area contributed by atoms with Gasteiger partial charge in [-0.25, -0.2) is 0 Å². The Kier molecular flexibility index (Phi) is 2.99. The molecule has 0 heterocycles. The molecule has 3 aromatic carbocycles. The fourth-order valence-electron chi connectivity index (χ4n) is 3.48. The third-order valence-electron chi connectivity index (χ3n) is 4.45. The third kappa shape index (κ3) is 1.97. The molecule has 2 N–H and O–H groups in total. The van der Waals surface area contributed by atoms with E-state index in [9.17, 15) is 0 Å². The minimum absolute atomic E-state index is 0.499. The molecule has 0 radical (unpaired) electrons. The van der Waals surface area contributed by atoms with E-state index in [-0.39, 0.29) is 0 Å². The van der Waals surface area contributed by atoms with Crippen LogP contribution in [0.3, 0.4) is 0 Å². The summed E-state index contributed by atoms with van der Waals surface area (Å²) in [6.07, 6.45) is 2.31. The normalized spacial score (nSPS) is 13.0. The Labute approximate surface area is 129 Å². The summed E-state index contributed by atoms with van der Waals surface area (Å²) in [5.74, 6) is 0. The molecule has 1 aliphatic rings. The van der Waals surface area contributed by atoms with E-state index in [2.05, 4.69) is 36.4 Å². The number of nitrogens with two attached hydrogens (primary N) is 1. The topological polar surface area (TPSA) is 26.0 Å². The summed E-state index contributed by atoms with van der Waals surface area (Å²) < 4.78 is 0. The van der Waals surface area contributed by atoms with Crippen LogP contribution < -0.4 is 5.73 Å². The molecule has 0 saturated heterocycles. The summed E-state index contributed by atoms with van der Waals surface area (Å²) in [5, 5.41) is 3.51. The van der Waals surface area contributed by atoms with Crippen LogP contribution in [0.25, 0.3) is 21.9 Å². The Morgan fingerprint density at radius 3 is 2.48 bits per heavy atom. The predicted molar refractivity (Wildman–Crippen MR) is 89.7 cm³/mol. The first-order valence-corrected chi connectivity index (χ1v) is 7.68. The number of hydrogen-bond donors (Lipinski definition) is 1. The number of benzene rings is 3. The highest BCUT2D eigenvalue weighted by Crippen LogP contribution is 2.38. The summed E-state index contributed by atoms with van der Waals surface area (Å²) in [4.78, 5) is 0. The van der Waals surface area contributed by atoms with Gasteiger partial charge in [0.1, 0.15) is 0 Å². The zero-order chi connectivity index (χ0) is 14.4. The lowest BCUT2D eigenvalue weighted by Gasteiger charge is -2.13. The van der Waals surface area contributed by atoms with E-state index in [1.165, 1.54) is 33.0 Å². The number of hydrogen-bond acceptors (Lipinski definition) is 1. The molecule has 0 aromatic heterocycles. The molecule has 0 atom stereocenters. The van der Waals surface area contributed by atoms with Crippen LogP contribution in [0, 0.1) is 0 Å². The van der Waals surface area contributed by atoms with Gasteiger partial charge in [0.25, 0.3) is 0 Å². The zero-order valence-electron chi connectivity index (χ0n) is 11.7. The lowest BCUT2D eigenvalue weighted by atomic mass is 9.92. The second-order valence-corrected chi connectivity index (χ2v) is 6.05. The summed E-state index contributed by atoms with van der Waals surface area (Å²) in [6.45, 7) is 0.499. The van der Waals surface area contributed by atoms with Gasteiger partial charge in [-0.1, -0.05) is 48.0 Å². The Balaban J connectivity index is 2.05. The highest BCUT2D eigenvalue weighted by Gasteiger charge is 2.17. The Morgan fingerprint density at radius 1 is 0.905 bits per heavy atom. The Morgan fingerprint density at radius 2 is 1.67 bits per heavy atom. The average Bonchev–Trinajstić information content (AvgIpc) is 2.93. The summed E-state index contributed by atoms with van der Waals surface area (Å²) >= 11 is 6.11. The minimum atomic E-state index is 0.499. The molecule has 1 aliphatic carbocycles. The van der Waals surface area contributed by atoms with Crippen molar-refractivity contribution >= 4 is 22.4 Å². The summed E-state index contributed by atoms with van der Waals surface area (Å²) in [7, 11) is 0. The van der Waals surface area contributed by atoms with Crippen LogP contribution in [0.1, 0.15) is 16.7 Å². The quantitative estimate of drug-likeness (QED) is 0.727. The first-order valence-electron chi connectivity index (χ1n) is 7.30. The molecule has 0 spiro atoms. The minimum Gasteiger partial charge on any atom is -0.326 e. The molecule has 3 aromatic rings. The van der Waals surface area contributed by atoms with Crippen molar-refractivity contribution in [1.82, 2.24) is 0 Å². The van der Waals surface area contributed by atoms with Crippen molar-refractivity contribution < 1.29 is 0 Å². The molecule has 0 bridgehead atoms. The SMILES string of the molecule is NCc1cc(Cl)ccc1-c1ccc2c3c(cccc13)CC2. The van der Waals surface area contributed by atoms with Gasteiger partial charge in [0, 0.05) is 11.6 Å². The predicted octanol–water partition coefficient (Wildman–Crippen LogP) is 4.72. The first-order chi connectivity index (χ1) is 10.3. The van der Waals surface area contributed by atoms with Gasteiger partial charge < -0.3 is 5.73 Å². The van der Waals surface area contributed by atoms with Crippen LogP contribution in [0.15, 0.2) is 48.5 Å². The molecule has 4 rings (SSSR count). The summed E-state index contributed by atoms with van der Waals surface area (Å²) in [6, 6.07) is 17.1. The van der Waals surface area contributed by atoms with Crippen molar-refractivity contribution in [3.05, 3.63) is 70.2 Å². The van der Waals surface area contributed by atoms with Gasteiger partial charge in [-0.15, -0.1) is 0 Å². The van der Waals surface area contributed by atoms with E-state index >= 15 is 0 Å². The standard InChI is InChI=1S/C19H16ClN/c20-15-7-9-16(14(10-15)11-21)17-8-6-13-5-4-12-2-1-3-18(17)19(12)13/h1-3,6-10H,4-5,11,21H2. The maximum atomic E-state index is 6.11. The van der Waals surface area contributed by atoms with Crippen molar-refractivity contribution in [2.24, 2.45) is 5.73 Å². The maximum Gasteiger partial charge on any atom is 0.0409 e. The molecule has 0 fully saturated rings. The van der Waals surface area contributed by atoms with Gasteiger partial charge in [-0.05, 0) is 63.6 Å². The van der Waals surface area contributed by atoms with E-state index in [0.29, 0.717) is 6.54 Å². The Bertz CT molecular complexity index is 841. The number of halogens is 1. The molecule has 104 valence electrons. The van der Waals surface area contributed by atoms with E-state index in [1.807, 2.05) is 12.1 Å². The van der Waals surface area contributed by atoms with Gasteiger partial charge >= 0.3 is 0 Å². The average molecular weight is 294 g/mol. The second-order valence-electron chi connectivity index (χ2n) is 5.62. The van der Waals surface area contributed by atoms with Crippen LogP contribution in [-0.2, 0) is 19.4 Å². The smallest absolute Gasteiger partial charge is 0.0409 e. The third-order valence-corrected chi connectivity index (χ3v) is 4.69. The molecule has 0 saturated carbocycles. The lowest BCUT2D eigenvalue weighted by Crippen LogP contribution is -1.99. The van der Waals surface area contributed by atoms with Crippen molar-refractivity contribution in [1.29, 1.82) is 0 Å². The van der Waals surface area contributed by atoms with Crippen molar-refractivity contribution in [2.45, 2.75) is 19.4 Å². The molecule has 0 aliphatic heterocycles. The maximum absolute atomic E-state index is 6.11. The number of rotatable bonds is 2. The van der Waals surface area contributed by atoms with Gasteiger partial charge in [0.05, 0.1) is 0 Å². The fraction of sp³-hybridized carbons (Fsp3) is 0.158. The van der Waals surface area contributed by atoms with Crippen LogP contribution in [0.4, 0.5) is 0 Å². The number of aryl methyl sites for hydroxylation is 2. The van der Waals surface area contributed by atoms with Gasteiger partial charge in [0.15, 0.2) is 0 Å². The van der Waals surface area contributed by atoms with Crippen LogP contribution in [-0.4, -0.2) is 0 Å². The van der Waals surface area contributed by atoms with Gasteiger partial charge in [-0.3, -0.25) is 0 Å². The molecule has 1 nitrogen and oxygen atoms in total. The molecule has 0 amide bonds. The highest BCUT2D eigenvalue weighted by atomic mass is 35.5. The fourth-order valence-corrected chi connectivity index (χ4v) is 3.67. The lowest BCUT2D eigenvalue weighted by molar-refractivity contribution is 1.02. The van der Waals surface area contributed by atoms with Crippen molar-refractivity contribution in [3.63, 3.8) is 0 Å². The highest BCUT2D eigenvalue weighted by molar-refractivity contribution is 6.30. The molecule has 0 unspecified atom stereocenters. The van der Waals surface area contributed by atoms with Gasteiger partial charge in [0.2, 0.25) is 0 Å². The molecular weight excluding hydrogens is 278 g/mol. The van der Waals surface area contributed by atoms with E-state index in [4.69, 9.17) is 17.3 Å². The van der Waals surface area contributed by atoms with E-state index in [1.54, 1.807) is 0 Å².